The third-order valence-electron chi connectivity index (χ3n) is 3.80. The minimum Gasteiger partial charge on any atom is -0.435 e. The molecule has 1 unspecified atom stereocenters. The normalized spacial score (nSPS) is 24.1. The van der Waals surface area contributed by atoms with Gasteiger partial charge in [-0.05, 0) is 37.1 Å². The van der Waals surface area contributed by atoms with Gasteiger partial charge in [-0.2, -0.15) is 8.78 Å². The van der Waals surface area contributed by atoms with Gasteiger partial charge in [0.05, 0.1) is 0 Å². The first-order chi connectivity index (χ1) is 9.50. The van der Waals surface area contributed by atoms with E-state index in [1.54, 1.807) is 12.1 Å². The molecule has 1 fully saturated rings. The van der Waals surface area contributed by atoms with Crippen LogP contribution in [-0.2, 0) is 6.54 Å². The summed E-state index contributed by atoms with van der Waals surface area (Å²) in [5, 5.41) is 9.44. The number of ether oxygens (including phenoxy) is 1. The van der Waals surface area contributed by atoms with Gasteiger partial charge in [-0.25, -0.2) is 0 Å². The van der Waals surface area contributed by atoms with Crippen LogP contribution in [0.3, 0.4) is 0 Å². The third kappa shape index (κ3) is 4.15. The average Bonchev–Trinajstić information content (AvgIpc) is 2.41. The van der Waals surface area contributed by atoms with Gasteiger partial charge in [0.2, 0.25) is 0 Å². The van der Waals surface area contributed by atoms with Crippen LogP contribution >= 0.6 is 0 Å². The Morgan fingerprint density at radius 1 is 1.35 bits per heavy atom. The molecule has 1 heterocycles. The number of hydrogen-bond donors (Lipinski definition) is 1. The zero-order valence-corrected chi connectivity index (χ0v) is 11.7. The van der Waals surface area contributed by atoms with Crippen LogP contribution in [0.1, 0.15) is 25.3 Å². The van der Waals surface area contributed by atoms with Crippen molar-refractivity contribution in [2.24, 2.45) is 5.41 Å². The maximum Gasteiger partial charge on any atom is 0.387 e. The molecule has 1 N–H and O–H groups in total. The zero-order valence-electron chi connectivity index (χ0n) is 11.7. The highest BCUT2D eigenvalue weighted by Gasteiger charge is 2.30. The van der Waals surface area contributed by atoms with Crippen molar-refractivity contribution in [1.29, 1.82) is 0 Å². The third-order valence-corrected chi connectivity index (χ3v) is 3.80. The monoisotopic (exact) mass is 285 g/mol. The molecular formula is C15H21F2NO2. The number of benzene rings is 1. The van der Waals surface area contributed by atoms with Crippen molar-refractivity contribution in [2.45, 2.75) is 32.9 Å². The predicted molar refractivity (Wildman–Crippen MR) is 72.8 cm³/mol. The van der Waals surface area contributed by atoms with Crippen molar-refractivity contribution in [3.8, 4) is 5.75 Å². The number of piperidine rings is 1. The summed E-state index contributed by atoms with van der Waals surface area (Å²) in [6.45, 7) is 2.14. The SMILES string of the molecule is CC1(CO)CCCN(Cc2ccc(OC(F)F)cc2)C1. The van der Waals surface area contributed by atoms with E-state index in [-0.39, 0.29) is 17.8 Å². The number of aliphatic hydroxyl groups excluding tert-OH is 1. The Hall–Kier alpha value is -1.20. The van der Waals surface area contributed by atoms with Crippen molar-refractivity contribution in [2.75, 3.05) is 19.7 Å². The van der Waals surface area contributed by atoms with Crippen molar-refractivity contribution < 1.29 is 18.6 Å². The fourth-order valence-corrected chi connectivity index (χ4v) is 2.73. The molecular weight excluding hydrogens is 264 g/mol. The quantitative estimate of drug-likeness (QED) is 0.903. The van der Waals surface area contributed by atoms with Gasteiger partial charge in [0.1, 0.15) is 5.75 Å². The molecule has 0 aromatic heterocycles. The van der Waals surface area contributed by atoms with Crippen molar-refractivity contribution in [1.82, 2.24) is 4.90 Å². The molecule has 112 valence electrons. The van der Waals surface area contributed by atoms with Gasteiger partial charge in [0.25, 0.3) is 0 Å². The molecule has 2 rings (SSSR count). The molecule has 1 aromatic rings. The number of nitrogens with zero attached hydrogens (tertiary/aromatic N) is 1. The van der Waals surface area contributed by atoms with E-state index in [0.29, 0.717) is 0 Å². The van der Waals surface area contributed by atoms with E-state index in [2.05, 4.69) is 16.6 Å². The molecule has 0 bridgehead atoms. The highest BCUT2D eigenvalue weighted by Crippen LogP contribution is 2.29. The van der Waals surface area contributed by atoms with Crippen LogP contribution in [0.25, 0.3) is 0 Å². The molecule has 0 spiro atoms. The molecule has 1 aromatic carbocycles. The van der Waals surface area contributed by atoms with E-state index in [4.69, 9.17) is 0 Å². The van der Waals surface area contributed by atoms with Crippen LogP contribution in [0.4, 0.5) is 8.78 Å². The first-order valence-electron chi connectivity index (χ1n) is 6.88. The molecule has 0 saturated carbocycles. The van der Waals surface area contributed by atoms with Crippen molar-refractivity contribution in [3.05, 3.63) is 29.8 Å². The summed E-state index contributed by atoms with van der Waals surface area (Å²) >= 11 is 0. The molecule has 0 radical (unpaired) electrons. The zero-order chi connectivity index (χ0) is 14.6. The molecule has 3 nitrogen and oxygen atoms in total. The highest BCUT2D eigenvalue weighted by molar-refractivity contribution is 5.27. The average molecular weight is 285 g/mol. The lowest BCUT2D eigenvalue weighted by molar-refractivity contribution is -0.0498. The van der Waals surface area contributed by atoms with E-state index in [0.717, 1.165) is 38.0 Å². The molecule has 1 aliphatic rings. The molecule has 5 heteroatoms. The van der Waals surface area contributed by atoms with E-state index < -0.39 is 6.61 Å². The van der Waals surface area contributed by atoms with Crippen LogP contribution in [0.15, 0.2) is 24.3 Å². The fraction of sp³-hybridized carbons (Fsp3) is 0.600. The number of aliphatic hydroxyl groups is 1. The van der Waals surface area contributed by atoms with Crippen LogP contribution < -0.4 is 4.74 Å². The maximum atomic E-state index is 12.1. The van der Waals surface area contributed by atoms with Gasteiger partial charge in [-0.3, -0.25) is 4.90 Å². The number of alkyl halides is 2. The van der Waals surface area contributed by atoms with E-state index in [1.807, 2.05) is 12.1 Å². The van der Waals surface area contributed by atoms with Gasteiger partial charge in [0.15, 0.2) is 0 Å². The maximum absolute atomic E-state index is 12.1. The van der Waals surface area contributed by atoms with Crippen LogP contribution in [0.2, 0.25) is 0 Å². The minimum atomic E-state index is -2.78. The Bertz CT molecular complexity index is 424. The van der Waals surface area contributed by atoms with Crippen LogP contribution in [-0.4, -0.2) is 36.3 Å². The molecule has 1 atom stereocenters. The number of likely N-dealkylation sites (tertiary alicyclic amines) is 1. The summed E-state index contributed by atoms with van der Waals surface area (Å²) in [5.74, 6) is 0.183. The molecule has 1 saturated heterocycles. The smallest absolute Gasteiger partial charge is 0.387 e. The number of rotatable bonds is 5. The topological polar surface area (TPSA) is 32.7 Å². The lowest BCUT2D eigenvalue weighted by atomic mass is 9.82. The number of hydrogen-bond acceptors (Lipinski definition) is 3. The van der Waals surface area contributed by atoms with Gasteiger partial charge in [-0.15, -0.1) is 0 Å². The Labute approximate surface area is 118 Å². The predicted octanol–water partition coefficient (Wildman–Crippen LogP) is 2.88. The minimum absolute atomic E-state index is 0.0308. The summed E-state index contributed by atoms with van der Waals surface area (Å²) in [6, 6.07) is 6.75. The highest BCUT2D eigenvalue weighted by atomic mass is 19.3. The Kier molecular flexibility index (Phi) is 4.94. The number of halogens is 2. The Morgan fingerprint density at radius 2 is 2.05 bits per heavy atom. The van der Waals surface area contributed by atoms with E-state index >= 15 is 0 Å². The summed E-state index contributed by atoms with van der Waals surface area (Å²) < 4.78 is 28.5. The van der Waals surface area contributed by atoms with Gasteiger partial charge in [-0.1, -0.05) is 19.1 Å². The van der Waals surface area contributed by atoms with Gasteiger partial charge < -0.3 is 9.84 Å². The van der Waals surface area contributed by atoms with Gasteiger partial charge >= 0.3 is 6.61 Å². The molecule has 20 heavy (non-hydrogen) atoms. The standard InChI is InChI=1S/C15H21F2NO2/c1-15(11-19)7-2-8-18(10-15)9-12-3-5-13(6-4-12)20-14(16)17/h3-6,14,19H,2,7-11H2,1H3. The molecule has 1 aliphatic heterocycles. The summed E-state index contributed by atoms with van der Waals surface area (Å²) in [7, 11) is 0. The lowest BCUT2D eigenvalue weighted by Crippen LogP contribution is -2.43. The first kappa shape index (κ1) is 15.2. The van der Waals surface area contributed by atoms with Crippen LogP contribution in [0.5, 0.6) is 5.75 Å². The second-order valence-electron chi connectivity index (χ2n) is 5.81. The molecule has 0 amide bonds. The van der Waals surface area contributed by atoms with Gasteiger partial charge in [0, 0.05) is 25.1 Å². The second kappa shape index (κ2) is 6.50. The second-order valence-corrected chi connectivity index (χ2v) is 5.81. The summed E-state index contributed by atoms with van der Waals surface area (Å²) in [6.07, 6.45) is 2.12. The summed E-state index contributed by atoms with van der Waals surface area (Å²) in [4.78, 5) is 2.29. The summed E-state index contributed by atoms with van der Waals surface area (Å²) in [5.41, 5.74) is 1.03. The largest absolute Gasteiger partial charge is 0.435 e. The van der Waals surface area contributed by atoms with Crippen LogP contribution in [0, 0.1) is 5.41 Å². The fourth-order valence-electron chi connectivity index (χ4n) is 2.73. The Balaban J connectivity index is 1.93. The Morgan fingerprint density at radius 3 is 2.65 bits per heavy atom. The molecule has 0 aliphatic carbocycles. The van der Waals surface area contributed by atoms with Crippen molar-refractivity contribution in [3.63, 3.8) is 0 Å². The first-order valence-corrected chi connectivity index (χ1v) is 6.88. The van der Waals surface area contributed by atoms with E-state index in [1.165, 1.54) is 0 Å². The lowest BCUT2D eigenvalue weighted by Gasteiger charge is -2.39. The van der Waals surface area contributed by atoms with Crippen molar-refractivity contribution >= 4 is 0 Å². The van der Waals surface area contributed by atoms with E-state index in [9.17, 15) is 13.9 Å².